The molecule has 0 saturated carbocycles. The van der Waals surface area contributed by atoms with Gasteiger partial charge in [-0.1, -0.05) is 82.0 Å². The quantitative estimate of drug-likeness (QED) is 0.115. The van der Waals surface area contributed by atoms with Crippen molar-refractivity contribution < 1.29 is 19.2 Å². The van der Waals surface area contributed by atoms with Crippen LogP contribution < -0.4 is 5.32 Å². The molecule has 0 radical (unpaired) electrons. The molecular formula is C36H46IN5O4. The Balaban J connectivity index is 1.29. The molecule has 9 nitrogen and oxygen atoms in total. The van der Waals surface area contributed by atoms with Crippen LogP contribution in [-0.4, -0.2) is 66.5 Å². The van der Waals surface area contributed by atoms with E-state index in [4.69, 9.17) is 4.98 Å². The maximum atomic E-state index is 14.3. The van der Waals surface area contributed by atoms with E-state index in [2.05, 4.69) is 28.5 Å². The molecule has 3 heterocycles. The van der Waals surface area contributed by atoms with Crippen molar-refractivity contribution in [2.75, 3.05) is 13.1 Å². The molecule has 246 valence electrons. The normalized spacial score (nSPS) is 20.1. The van der Waals surface area contributed by atoms with E-state index in [0.29, 0.717) is 25.8 Å². The van der Waals surface area contributed by atoms with Crippen LogP contribution in [0.3, 0.4) is 0 Å². The van der Waals surface area contributed by atoms with Crippen LogP contribution in [0.2, 0.25) is 0 Å². The Morgan fingerprint density at radius 3 is 2.37 bits per heavy atom. The fourth-order valence-corrected chi connectivity index (χ4v) is 7.17. The van der Waals surface area contributed by atoms with E-state index in [1.807, 2.05) is 71.7 Å². The van der Waals surface area contributed by atoms with Gasteiger partial charge in [-0.25, -0.2) is 4.98 Å². The molecule has 2 aliphatic heterocycles. The standard InChI is InChI=1S/C36H46IN5O4/c1-24(2)35(45)39-29-23-41(32(44)18-11-6-4-3-5-10-17-31(37)43)22-21-26-19-20-30(42(26)36(29)46)34-38-28-16-12-15-27(33(28)40-34)25-13-8-7-9-14-25/h7-9,12-16,24,26,29-30H,3-6,10-11,17-23H2,1-2H3,(H,38,40)(H,39,45)/t26-,29+,30+/m1/s1. The van der Waals surface area contributed by atoms with Crippen molar-refractivity contribution in [2.24, 2.45) is 5.92 Å². The van der Waals surface area contributed by atoms with Gasteiger partial charge in [-0.2, -0.15) is 0 Å². The second-order valence-corrected chi connectivity index (χ2v) is 14.2. The minimum atomic E-state index is -0.813. The molecule has 3 aromatic rings. The SMILES string of the molecule is CC(C)C(=O)N[C@H]1CN(C(=O)CCCCCCCCC(=O)I)CC[C@H]2CC[C@@H](c3nc4cccc(-c5ccccc5)c4[nH]3)N2C1=O. The number of H-pyrrole nitrogens is 1. The van der Waals surface area contributed by atoms with E-state index >= 15 is 0 Å². The number of imidazole rings is 1. The Hall–Kier alpha value is -3.28. The largest absolute Gasteiger partial charge is 0.342 e. The van der Waals surface area contributed by atoms with Crippen LogP contribution in [0.1, 0.15) is 96.3 Å². The van der Waals surface area contributed by atoms with Crippen molar-refractivity contribution >= 4 is 55.1 Å². The highest BCUT2D eigenvalue weighted by molar-refractivity contribution is 14.1. The monoisotopic (exact) mass is 739 g/mol. The summed E-state index contributed by atoms with van der Waals surface area (Å²) in [4.78, 5) is 64.0. The Kier molecular flexibility index (Phi) is 11.9. The lowest BCUT2D eigenvalue weighted by Gasteiger charge is -2.39. The van der Waals surface area contributed by atoms with Gasteiger partial charge in [-0.3, -0.25) is 19.2 Å². The van der Waals surface area contributed by atoms with E-state index in [9.17, 15) is 19.2 Å². The van der Waals surface area contributed by atoms with Gasteiger partial charge in [0.1, 0.15) is 11.9 Å². The van der Waals surface area contributed by atoms with Crippen molar-refractivity contribution in [3.63, 3.8) is 0 Å². The number of unbranched alkanes of at least 4 members (excludes halogenated alkanes) is 5. The minimum Gasteiger partial charge on any atom is -0.342 e. The average Bonchev–Trinajstić information content (AvgIpc) is 3.67. The van der Waals surface area contributed by atoms with Gasteiger partial charge >= 0.3 is 0 Å². The van der Waals surface area contributed by atoms with Gasteiger partial charge in [0, 0.05) is 43.5 Å². The van der Waals surface area contributed by atoms with Gasteiger partial charge in [0.15, 0.2) is 3.79 Å². The molecular weight excluding hydrogens is 693 g/mol. The number of halogens is 1. The fraction of sp³-hybridized carbons (Fsp3) is 0.528. The lowest BCUT2D eigenvalue weighted by Crippen LogP contribution is -2.58. The van der Waals surface area contributed by atoms with Crippen LogP contribution in [0.4, 0.5) is 0 Å². The van der Waals surface area contributed by atoms with Gasteiger partial charge in [-0.05, 0) is 66.3 Å². The van der Waals surface area contributed by atoms with Crippen LogP contribution >= 0.6 is 22.6 Å². The molecule has 46 heavy (non-hydrogen) atoms. The summed E-state index contributed by atoms with van der Waals surface area (Å²) in [6.07, 6.45) is 9.18. The smallest absolute Gasteiger partial charge is 0.247 e. The van der Waals surface area contributed by atoms with Crippen LogP contribution in [0, 0.1) is 5.92 Å². The summed E-state index contributed by atoms with van der Waals surface area (Å²) in [5, 5.41) is 2.99. The number of nitrogens with zero attached hydrogens (tertiary/aromatic N) is 3. The van der Waals surface area contributed by atoms with Crippen molar-refractivity contribution in [1.82, 2.24) is 25.1 Å². The number of nitrogens with one attached hydrogen (secondary N) is 2. The van der Waals surface area contributed by atoms with Gasteiger partial charge in [0.25, 0.3) is 0 Å². The zero-order chi connectivity index (χ0) is 32.6. The number of carbonyl (C=O) groups is 4. The number of aromatic amines is 1. The molecule has 10 heteroatoms. The number of carbonyl (C=O) groups excluding carboxylic acids is 4. The number of fused-ring (bicyclic) bond motifs is 2. The van der Waals surface area contributed by atoms with Crippen LogP contribution in [0.25, 0.3) is 22.2 Å². The number of rotatable bonds is 13. The van der Waals surface area contributed by atoms with Crippen molar-refractivity contribution in [3.8, 4) is 11.1 Å². The molecule has 3 atom stereocenters. The molecule has 3 amide bonds. The Morgan fingerprint density at radius 2 is 1.65 bits per heavy atom. The summed E-state index contributed by atoms with van der Waals surface area (Å²) < 4.78 is 0.209. The molecule has 0 bridgehead atoms. The summed E-state index contributed by atoms with van der Waals surface area (Å²) in [6.45, 7) is 4.35. The van der Waals surface area contributed by atoms with Crippen molar-refractivity contribution in [3.05, 3.63) is 54.4 Å². The summed E-state index contributed by atoms with van der Waals surface area (Å²) >= 11 is 1.85. The van der Waals surface area contributed by atoms with E-state index in [1.54, 1.807) is 4.90 Å². The lowest BCUT2D eigenvalue weighted by atomic mass is 10.0. The van der Waals surface area contributed by atoms with Crippen LogP contribution in [-0.2, 0) is 19.2 Å². The molecule has 5 rings (SSSR count). The van der Waals surface area contributed by atoms with E-state index < -0.39 is 6.04 Å². The molecule has 0 unspecified atom stereocenters. The van der Waals surface area contributed by atoms with E-state index in [-0.39, 0.29) is 46.1 Å². The topological polar surface area (TPSA) is 115 Å². The number of aromatic nitrogens is 2. The third kappa shape index (κ3) is 8.35. The zero-order valence-corrected chi connectivity index (χ0v) is 29.1. The average molecular weight is 740 g/mol. The molecule has 1 aromatic heterocycles. The molecule has 2 fully saturated rings. The predicted molar refractivity (Wildman–Crippen MR) is 188 cm³/mol. The molecule has 0 spiro atoms. The van der Waals surface area contributed by atoms with Crippen LogP contribution in [0.5, 0.6) is 0 Å². The van der Waals surface area contributed by atoms with Crippen LogP contribution in [0.15, 0.2) is 48.5 Å². The number of hydrogen-bond acceptors (Lipinski definition) is 5. The summed E-state index contributed by atoms with van der Waals surface area (Å²) in [6, 6.07) is 15.2. The Bertz CT molecular complexity index is 1520. The Labute approximate surface area is 285 Å². The van der Waals surface area contributed by atoms with E-state index in [1.165, 1.54) is 0 Å². The molecule has 2 N–H and O–H groups in total. The fourth-order valence-electron chi connectivity index (χ4n) is 6.79. The highest BCUT2D eigenvalue weighted by atomic mass is 127. The number of para-hydroxylation sites is 1. The Morgan fingerprint density at radius 1 is 0.935 bits per heavy atom. The summed E-state index contributed by atoms with van der Waals surface area (Å²) in [5.41, 5.74) is 3.97. The number of hydrogen-bond donors (Lipinski definition) is 2. The number of amides is 3. The maximum absolute atomic E-state index is 14.3. The highest BCUT2D eigenvalue weighted by Gasteiger charge is 2.44. The summed E-state index contributed by atoms with van der Waals surface area (Å²) in [5.74, 6) is 0.180. The van der Waals surface area contributed by atoms with Gasteiger partial charge in [0.2, 0.25) is 17.7 Å². The zero-order valence-electron chi connectivity index (χ0n) is 27.0. The molecule has 2 saturated heterocycles. The van der Waals surface area contributed by atoms with Crippen molar-refractivity contribution in [2.45, 2.75) is 103 Å². The molecule has 0 aliphatic carbocycles. The second-order valence-electron chi connectivity index (χ2n) is 13.0. The van der Waals surface area contributed by atoms with E-state index in [0.717, 1.165) is 79.4 Å². The predicted octanol–water partition coefficient (Wildman–Crippen LogP) is 6.72. The first-order valence-electron chi connectivity index (χ1n) is 16.9. The maximum Gasteiger partial charge on any atom is 0.247 e. The minimum absolute atomic E-state index is 0.0391. The second kappa shape index (κ2) is 16.0. The first-order valence-corrected chi connectivity index (χ1v) is 17.9. The molecule has 2 aromatic carbocycles. The first-order chi connectivity index (χ1) is 22.2. The number of benzene rings is 2. The summed E-state index contributed by atoms with van der Waals surface area (Å²) in [7, 11) is 0. The molecule has 2 aliphatic rings. The van der Waals surface area contributed by atoms with Gasteiger partial charge < -0.3 is 20.1 Å². The lowest BCUT2D eigenvalue weighted by molar-refractivity contribution is -0.144. The third-order valence-corrected chi connectivity index (χ3v) is 9.87. The first kappa shape index (κ1) is 34.1. The van der Waals surface area contributed by atoms with Gasteiger partial charge in [0.05, 0.1) is 17.1 Å². The highest BCUT2D eigenvalue weighted by Crippen LogP contribution is 2.39. The van der Waals surface area contributed by atoms with Crippen molar-refractivity contribution in [1.29, 1.82) is 0 Å². The third-order valence-electron chi connectivity index (χ3n) is 9.33. The van der Waals surface area contributed by atoms with Gasteiger partial charge in [-0.15, -0.1) is 0 Å².